The van der Waals surface area contributed by atoms with Crippen molar-refractivity contribution in [3.05, 3.63) is 83.4 Å². The fourth-order valence-corrected chi connectivity index (χ4v) is 3.78. The number of hydrogen-bond acceptors (Lipinski definition) is 3. The number of carbonyl (C=O) groups excluding carboxylic acids is 2. The monoisotopic (exact) mass is 388 g/mol. The Hall–Kier alpha value is -3.41. The Balaban J connectivity index is 1.47. The number of aromatic nitrogens is 2. The van der Waals surface area contributed by atoms with Crippen LogP contribution in [0.25, 0.3) is 0 Å². The molecule has 3 aromatic rings. The van der Waals surface area contributed by atoms with E-state index >= 15 is 0 Å². The maximum absolute atomic E-state index is 13.0. The molecule has 1 aliphatic heterocycles. The fourth-order valence-electron chi connectivity index (χ4n) is 3.78. The van der Waals surface area contributed by atoms with Gasteiger partial charge in [0.1, 0.15) is 5.82 Å². The van der Waals surface area contributed by atoms with E-state index in [1.165, 1.54) is 5.56 Å². The summed E-state index contributed by atoms with van der Waals surface area (Å²) in [5, 5.41) is 0. The lowest BCUT2D eigenvalue weighted by molar-refractivity contribution is -0.116. The molecule has 0 unspecified atom stereocenters. The van der Waals surface area contributed by atoms with Crippen molar-refractivity contribution in [3.63, 3.8) is 0 Å². The molecule has 2 heterocycles. The lowest BCUT2D eigenvalue weighted by Crippen LogP contribution is -2.28. The topological polar surface area (TPSA) is 58.4 Å². The molecule has 0 N–H and O–H groups in total. The molecule has 0 atom stereocenters. The third-order valence-corrected chi connectivity index (χ3v) is 5.32. The second kappa shape index (κ2) is 7.91. The molecule has 0 radical (unpaired) electrons. The zero-order valence-corrected chi connectivity index (χ0v) is 16.7. The van der Waals surface area contributed by atoms with Gasteiger partial charge in [-0.15, -0.1) is 0 Å². The Kier molecular flexibility index (Phi) is 5.16. The van der Waals surface area contributed by atoms with Gasteiger partial charge in [-0.05, 0) is 35.7 Å². The standard InChI is InChI=1S/C23H24N4O2/c1-17(28)27-12-10-19-14-20(8-9-21(19)27)23(29)25(2)16-22-24-11-13-26(22)15-18-6-4-3-5-7-18/h3-9,11,13-14H,10,12,15-16H2,1-2H3. The van der Waals surface area contributed by atoms with Crippen molar-refractivity contribution in [1.29, 1.82) is 0 Å². The van der Waals surface area contributed by atoms with Crippen LogP contribution in [0.3, 0.4) is 0 Å². The Labute approximate surface area is 170 Å². The first-order valence-corrected chi connectivity index (χ1v) is 9.73. The van der Waals surface area contributed by atoms with Crippen molar-refractivity contribution in [2.24, 2.45) is 0 Å². The largest absolute Gasteiger partial charge is 0.334 e. The summed E-state index contributed by atoms with van der Waals surface area (Å²) in [6, 6.07) is 15.8. The van der Waals surface area contributed by atoms with Crippen molar-refractivity contribution in [3.8, 4) is 0 Å². The molecular formula is C23H24N4O2. The summed E-state index contributed by atoms with van der Waals surface area (Å²) < 4.78 is 2.06. The highest BCUT2D eigenvalue weighted by molar-refractivity contribution is 5.97. The van der Waals surface area contributed by atoms with Crippen LogP contribution in [0.4, 0.5) is 5.69 Å². The minimum atomic E-state index is -0.0525. The smallest absolute Gasteiger partial charge is 0.254 e. The number of amides is 2. The van der Waals surface area contributed by atoms with Gasteiger partial charge < -0.3 is 14.4 Å². The molecular weight excluding hydrogens is 364 g/mol. The Morgan fingerprint density at radius 1 is 1.14 bits per heavy atom. The maximum Gasteiger partial charge on any atom is 0.254 e. The minimum Gasteiger partial charge on any atom is -0.334 e. The van der Waals surface area contributed by atoms with Gasteiger partial charge >= 0.3 is 0 Å². The second-order valence-corrected chi connectivity index (χ2v) is 7.38. The molecule has 0 fully saturated rings. The maximum atomic E-state index is 13.0. The molecule has 6 heteroatoms. The van der Waals surface area contributed by atoms with Crippen molar-refractivity contribution in [1.82, 2.24) is 14.5 Å². The first kappa shape index (κ1) is 18.9. The SMILES string of the molecule is CC(=O)N1CCc2cc(C(=O)N(C)Cc3nccn3Cc3ccccc3)ccc21. The third kappa shape index (κ3) is 3.92. The first-order chi connectivity index (χ1) is 14.0. The Morgan fingerprint density at radius 3 is 2.69 bits per heavy atom. The van der Waals surface area contributed by atoms with Crippen LogP contribution < -0.4 is 4.90 Å². The average molecular weight is 388 g/mol. The zero-order chi connectivity index (χ0) is 20.4. The van der Waals surface area contributed by atoms with Crippen LogP contribution in [0.15, 0.2) is 60.9 Å². The lowest BCUT2D eigenvalue weighted by Gasteiger charge is -2.19. The molecule has 6 nitrogen and oxygen atoms in total. The van der Waals surface area contributed by atoms with Crippen LogP contribution in [-0.2, 0) is 24.3 Å². The highest BCUT2D eigenvalue weighted by atomic mass is 16.2. The van der Waals surface area contributed by atoms with E-state index in [4.69, 9.17) is 0 Å². The van der Waals surface area contributed by atoms with Crippen molar-refractivity contribution in [2.75, 3.05) is 18.5 Å². The van der Waals surface area contributed by atoms with E-state index in [0.29, 0.717) is 18.7 Å². The van der Waals surface area contributed by atoms with E-state index in [-0.39, 0.29) is 11.8 Å². The summed E-state index contributed by atoms with van der Waals surface area (Å²) in [5.74, 6) is 0.821. The summed E-state index contributed by atoms with van der Waals surface area (Å²) >= 11 is 0. The predicted octanol–water partition coefficient (Wildman–Crippen LogP) is 3.11. The quantitative estimate of drug-likeness (QED) is 0.675. The number of hydrogen-bond donors (Lipinski definition) is 0. The molecule has 0 spiro atoms. The Morgan fingerprint density at radius 2 is 1.93 bits per heavy atom. The van der Waals surface area contributed by atoms with Gasteiger partial charge in [-0.1, -0.05) is 30.3 Å². The number of carbonyl (C=O) groups is 2. The molecule has 2 amide bonds. The molecule has 0 aliphatic carbocycles. The van der Waals surface area contributed by atoms with Crippen molar-refractivity contribution in [2.45, 2.75) is 26.4 Å². The molecule has 0 saturated carbocycles. The van der Waals surface area contributed by atoms with E-state index in [9.17, 15) is 9.59 Å². The molecule has 1 aromatic heterocycles. The summed E-state index contributed by atoms with van der Waals surface area (Å²) in [7, 11) is 1.79. The van der Waals surface area contributed by atoms with Gasteiger partial charge in [-0.25, -0.2) is 4.98 Å². The van der Waals surface area contributed by atoms with Crippen LogP contribution in [0, 0.1) is 0 Å². The van der Waals surface area contributed by atoms with Gasteiger partial charge in [-0.3, -0.25) is 9.59 Å². The van der Waals surface area contributed by atoms with Crippen LogP contribution in [-0.4, -0.2) is 39.9 Å². The van der Waals surface area contributed by atoms with Crippen LogP contribution >= 0.6 is 0 Å². The van der Waals surface area contributed by atoms with Crippen LogP contribution in [0.2, 0.25) is 0 Å². The van der Waals surface area contributed by atoms with E-state index in [1.54, 1.807) is 36.0 Å². The average Bonchev–Trinajstić information content (AvgIpc) is 3.34. The highest BCUT2D eigenvalue weighted by Gasteiger charge is 2.24. The van der Waals surface area contributed by atoms with Gasteiger partial charge in [0.05, 0.1) is 6.54 Å². The molecule has 29 heavy (non-hydrogen) atoms. The van der Waals surface area contributed by atoms with E-state index in [2.05, 4.69) is 21.7 Å². The zero-order valence-electron chi connectivity index (χ0n) is 16.7. The minimum absolute atomic E-state index is 0.0326. The number of fused-ring (bicyclic) bond motifs is 1. The predicted molar refractivity (Wildman–Crippen MR) is 112 cm³/mol. The van der Waals surface area contributed by atoms with E-state index in [0.717, 1.165) is 30.0 Å². The van der Waals surface area contributed by atoms with Gasteiger partial charge in [-0.2, -0.15) is 0 Å². The summed E-state index contributed by atoms with van der Waals surface area (Å²) in [5.41, 5.74) is 3.78. The molecule has 0 saturated heterocycles. The number of imidazole rings is 1. The fraction of sp³-hybridized carbons (Fsp3) is 0.261. The normalized spacial score (nSPS) is 12.7. The Bertz CT molecular complexity index is 1040. The van der Waals surface area contributed by atoms with Gasteiger partial charge in [0, 0.05) is 50.7 Å². The number of rotatable bonds is 5. The number of nitrogens with zero attached hydrogens (tertiary/aromatic N) is 4. The first-order valence-electron chi connectivity index (χ1n) is 9.73. The number of anilines is 1. The lowest BCUT2D eigenvalue weighted by atomic mass is 10.1. The van der Waals surface area contributed by atoms with Gasteiger partial charge in [0.2, 0.25) is 5.91 Å². The second-order valence-electron chi connectivity index (χ2n) is 7.38. The van der Waals surface area contributed by atoms with Crippen LogP contribution in [0.5, 0.6) is 0 Å². The van der Waals surface area contributed by atoms with Gasteiger partial charge in [0.15, 0.2) is 0 Å². The third-order valence-electron chi connectivity index (χ3n) is 5.32. The van der Waals surface area contributed by atoms with Gasteiger partial charge in [0.25, 0.3) is 5.91 Å². The molecule has 1 aliphatic rings. The van der Waals surface area contributed by atoms with E-state index < -0.39 is 0 Å². The molecule has 2 aromatic carbocycles. The molecule has 0 bridgehead atoms. The van der Waals surface area contributed by atoms with E-state index in [1.807, 2.05) is 36.5 Å². The molecule has 4 rings (SSSR count). The molecule has 148 valence electrons. The van der Waals surface area contributed by atoms with Crippen LogP contribution in [0.1, 0.15) is 34.2 Å². The number of benzene rings is 2. The summed E-state index contributed by atoms with van der Waals surface area (Å²) in [4.78, 5) is 32.6. The summed E-state index contributed by atoms with van der Waals surface area (Å²) in [6.07, 6.45) is 4.48. The van der Waals surface area contributed by atoms with Crippen molar-refractivity contribution >= 4 is 17.5 Å². The summed E-state index contributed by atoms with van der Waals surface area (Å²) in [6.45, 7) is 3.39. The van der Waals surface area contributed by atoms with Crippen molar-refractivity contribution < 1.29 is 9.59 Å². The highest BCUT2D eigenvalue weighted by Crippen LogP contribution is 2.29.